The minimum atomic E-state index is 0.979. The van der Waals surface area contributed by atoms with E-state index >= 15 is 0 Å². The molecule has 0 aromatic heterocycles. The molecule has 0 aromatic rings. The van der Waals surface area contributed by atoms with Crippen molar-refractivity contribution in [3.63, 3.8) is 0 Å². The molecule has 0 unspecified atom stereocenters. The molecule has 0 aliphatic carbocycles. The summed E-state index contributed by atoms with van der Waals surface area (Å²) in [5.41, 5.74) is 1.98. The van der Waals surface area contributed by atoms with Crippen LogP contribution in [-0.2, 0) is 0 Å². The van der Waals surface area contributed by atoms with Gasteiger partial charge in [0.1, 0.15) is 0 Å². The van der Waals surface area contributed by atoms with Gasteiger partial charge in [0.25, 0.3) is 0 Å². The molecule has 0 saturated heterocycles. The van der Waals surface area contributed by atoms with Gasteiger partial charge in [0.2, 0.25) is 0 Å². The first-order valence-corrected chi connectivity index (χ1v) is 2.80. The van der Waals surface area contributed by atoms with Crippen molar-refractivity contribution < 1.29 is 0 Å². The van der Waals surface area contributed by atoms with Gasteiger partial charge in [0.15, 0.2) is 0 Å². The predicted octanol–water partition coefficient (Wildman–Crippen LogP) is 1.55. The molecule has 1 aliphatic heterocycles. The van der Waals surface area contributed by atoms with Gasteiger partial charge in [-0.15, -0.1) is 0 Å². The van der Waals surface area contributed by atoms with Crippen LogP contribution >= 0.6 is 0 Å². The molecule has 0 atom stereocenters. The monoisotopic (exact) mass is 120 g/mol. The lowest BCUT2D eigenvalue weighted by Gasteiger charge is -1.88. The van der Waals surface area contributed by atoms with Crippen molar-refractivity contribution in [3.8, 4) is 0 Å². The summed E-state index contributed by atoms with van der Waals surface area (Å²) in [6.45, 7) is 3.88. The Morgan fingerprint density at radius 1 is 1.33 bits per heavy atom. The van der Waals surface area contributed by atoms with E-state index in [2.05, 4.69) is 15.9 Å². The molecule has 46 valence electrons. The van der Waals surface area contributed by atoms with Crippen LogP contribution in [0.25, 0.3) is 0 Å². The van der Waals surface area contributed by atoms with Crippen LogP contribution in [0.1, 0.15) is 13.8 Å². The maximum Gasteiger partial charge on any atom is 0.0551 e. The van der Waals surface area contributed by atoms with Crippen molar-refractivity contribution >= 4 is 11.6 Å². The molecule has 1 rings (SSSR count). The molecule has 1 heterocycles. The third-order valence-electron chi connectivity index (χ3n) is 1.18. The molecule has 2 nitrogen and oxygen atoms in total. The first kappa shape index (κ1) is 5.99. The largest absolute Gasteiger partial charge is 0.259 e. The summed E-state index contributed by atoms with van der Waals surface area (Å²) in [4.78, 5) is 7.87. The zero-order chi connectivity index (χ0) is 6.69. The van der Waals surface area contributed by atoms with Gasteiger partial charge in [-0.05, 0) is 19.7 Å². The standard InChI is InChI=1S/C7H8N2/c1-6-5-8-3-4-9-7(6)2/h3-4H,1-2H3. The van der Waals surface area contributed by atoms with Crippen molar-refractivity contribution in [3.05, 3.63) is 18.0 Å². The normalized spacial score (nSPS) is 16.7. The Balaban J connectivity index is 3.06. The van der Waals surface area contributed by atoms with Crippen molar-refractivity contribution in [1.29, 1.82) is 0 Å². The van der Waals surface area contributed by atoms with Crippen LogP contribution in [0.4, 0.5) is 0 Å². The van der Waals surface area contributed by atoms with Gasteiger partial charge in [-0.25, -0.2) is 4.99 Å². The number of hydrogen-bond donors (Lipinski definition) is 0. The van der Waals surface area contributed by atoms with E-state index in [9.17, 15) is 0 Å². The Morgan fingerprint density at radius 2 is 2.11 bits per heavy atom. The third-order valence-corrected chi connectivity index (χ3v) is 1.18. The highest BCUT2D eigenvalue weighted by Gasteiger charge is 1.91. The lowest BCUT2D eigenvalue weighted by molar-refractivity contribution is 1.47. The topological polar surface area (TPSA) is 24.7 Å². The maximum absolute atomic E-state index is 4.05. The lowest BCUT2D eigenvalue weighted by Crippen LogP contribution is -1.90. The number of nitrogens with zero attached hydrogens (tertiary/aromatic N) is 2. The molecule has 0 bridgehead atoms. The van der Waals surface area contributed by atoms with Crippen LogP contribution in [0, 0.1) is 0 Å². The average Bonchev–Trinajstić information content (AvgIpc) is 1.99. The fourth-order valence-electron chi connectivity index (χ4n) is 0.490. The van der Waals surface area contributed by atoms with Gasteiger partial charge in [-0.3, -0.25) is 4.99 Å². The molecular formula is C7H8N2. The number of allylic oxidation sites excluding steroid dienone is 1. The van der Waals surface area contributed by atoms with E-state index in [4.69, 9.17) is 0 Å². The summed E-state index contributed by atoms with van der Waals surface area (Å²) >= 11 is 0. The SMILES string of the molecule is CC1=C=NC=CN=C1C. The molecule has 9 heavy (non-hydrogen) atoms. The maximum atomic E-state index is 4.05. The van der Waals surface area contributed by atoms with Crippen LogP contribution in [0.5, 0.6) is 0 Å². The Labute approximate surface area is 54.3 Å². The second-order valence-electron chi connectivity index (χ2n) is 1.88. The van der Waals surface area contributed by atoms with Crippen LogP contribution in [0.15, 0.2) is 28.0 Å². The fourth-order valence-corrected chi connectivity index (χ4v) is 0.490. The third kappa shape index (κ3) is 1.37. The zero-order valence-electron chi connectivity index (χ0n) is 5.55. The van der Waals surface area contributed by atoms with E-state index in [-0.39, 0.29) is 0 Å². The van der Waals surface area contributed by atoms with Crippen molar-refractivity contribution in [2.45, 2.75) is 13.8 Å². The van der Waals surface area contributed by atoms with Crippen molar-refractivity contribution in [1.82, 2.24) is 0 Å². The minimum absolute atomic E-state index is 0.979. The van der Waals surface area contributed by atoms with E-state index in [1.54, 1.807) is 12.4 Å². The summed E-state index contributed by atoms with van der Waals surface area (Å²) in [7, 11) is 0. The second-order valence-corrected chi connectivity index (χ2v) is 1.88. The van der Waals surface area contributed by atoms with Gasteiger partial charge < -0.3 is 0 Å². The van der Waals surface area contributed by atoms with Crippen molar-refractivity contribution in [2.24, 2.45) is 9.98 Å². The van der Waals surface area contributed by atoms with Gasteiger partial charge in [-0.1, -0.05) is 0 Å². The second kappa shape index (κ2) is 2.42. The predicted molar refractivity (Wildman–Crippen MR) is 38.9 cm³/mol. The lowest BCUT2D eigenvalue weighted by atomic mass is 10.2. The molecule has 0 amide bonds. The van der Waals surface area contributed by atoms with Gasteiger partial charge >= 0.3 is 0 Å². The highest BCUT2D eigenvalue weighted by Crippen LogP contribution is 1.95. The molecule has 2 heteroatoms. The molecule has 1 aliphatic rings. The Morgan fingerprint density at radius 3 is 2.89 bits per heavy atom. The summed E-state index contributed by atoms with van der Waals surface area (Å²) in [6.07, 6.45) is 3.29. The molecule has 0 aromatic carbocycles. The molecule has 0 saturated carbocycles. The highest BCUT2D eigenvalue weighted by atomic mass is 14.8. The molecular weight excluding hydrogens is 112 g/mol. The molecule has 0 fully saturated rings. The van der Waals surface area contributed by atoms with E-state index < -0.39 is 0 Å². The minimum Gasteiger partial charge on any atom is -0.259 e. The van der Waals surface area contributed by atoms with Gasteiger partial charge in [0, 0.05) is 17.5 Å². The van der Waals surface area contributed by atoms with Crippen LogP contribution in [-0.4, -0.2) is 11.6 Å². The van der Waals surface area contributed by atoms with Crippen LogP contribution in [0.3, 0.4) is 0 Å². The van der Waals surface area contributed by atoms with Crippen LogP contribution < -0.4 is 0 Å². The van der Waals surface area contributed by atoms with Gasteiger partial charge in [-0.2, -0.15) is 0 Å². The number of aliphatic imine (C=N–C) groups is 2. The molecule has 0 N–H and O–H groups in total. The van der Waals surface area contributed by atoms with E-state index in [0.29, 0.717) is 0 Å². The summed E-state index contributed by atoms with van der Waals surface area (Å²) in [6, 6.07) is 0. The molecule has 0 radical (unpaired) electrons. The summed E-state index contributed by atoms with van der Waals surface area (Å²) < 4.78 is 0. The van der Waals surface area contributed by atoms with E-state index in [1.165, 1.54) is 0 Å². The van der Waals surface area contributed by atoms with Crippen LogP contribution in [0.2, 0.25) is 0 Å². The first-order valence-electron chi connectivity index (χ1n) is 2.80. The fraction of sp³-hybridized carbons (Fsp3) is 0.286. The zero-order valence-corrected chi connectivity index (χ0v) is 5.55. The molecule has 0 spiro atoms. The highest BCUT2D eigenvalue weighted by molar-refractivity contribution is 6.05. The summed E-state index contributed by atoms with van der Waals surface area (Å²) in [5.74, 6) is 2.82. The Hall–Kier alpha value is -1.14. The van der Waals surface area contributed by atoms with E-state index in [1.807, 2.05) is 13.8 Å². The quantitative estimate of drug-likeness (QED) is 0.463. The Kier molecular flexibility index (Phi) is 1.61. The number of rotatable bonds is 0. The smallest absolute Gasteiger partial charge is 0.0551 e. The summed E-state index contributed by atoms with van der Waals surface area (Å²) in [5, 5.41) is 0. The first-order chi connectivity index (χ1) is 4.30. The van der Waals surface area contributed by atoms with E-state index in [0.717, 1.165) is 11.3 Å². The Bertz CT molecular complexity index is 227. The van der Waals surface area contributed by atoms with Gasteiger partial charge in [0.05, 0.1) is 6.20 Å². The van der Waals surface area contributed by atoms with Crippen molar-refractivity contribution in [2.75, 3.05) is 0 Å². The number of hydrogen-bond acceptors (Lipinski definition) is 2. The average molecular weight is 120 g/mol.